The van der Waals surface area contributed by atoms with Crippen LogP contribution in [-0.4, -0.2) is 14.5 Å². The van der Waals surface area contributed by atoms with Crippen molar-refractivity contribution in [2.45, 2.75) is 0 Å². The van der Waals surface area contributed by atoms with Crippen molar-refractivity contribution in [1.29, 1.82) is 0 Å². The third-order valence-electron chi connectivity index (χ3n) is 10.5. The summed E-state index contributed by atoms with van der Waals surface area (Å²) in [7, 11) is 0. The van der Waals surface area contributed by atoms with Gasteiger partial charge in [0, 0.05) is 43.7 Å². The highest BCUT2D eigenvalue weighted by molar-refractivity contribution is 6.40. The van der Waals surface area contributed by atoms with Crippen molar-refractivity contribution in [3.05, 3.63) is 176 Å². The van der Waals surface area contributed by atoms with Gasteiger partial charge >= 0.3 is 0 Å². The zero-order valence-electron chi connectivity index (χ0n) is 27.6. The molecule has 0 aliphatic carbocycles. The maximum Gasteiger partial charge on any atom is 0.160 e. The molecule has 9 aromatic carbocycles. The lowest BCUT2D eigenvalue weighted by Crippen LogP contribution is -1.98. The van der Waals surface area contributed by atoms with Gasteiger partial charge < -0.3 is 4.57 Å². The third kappa shape index (κ3) is 4.06. The average molecular weight is 648 g/mol. The van der Waals surface area contributed by atoms with Crippen LogP contribution in [0.15, 0.2) is 176 Å². The van der Waals surface area contributed by atoms with E-state index in [2.05, 4.69) is 168 Å². The molecule has 11 rings (SSSR count). The summed E-state index contributed by atoms with van der Waals surface area (Å²) in [4.78, 5) is 10.2. The second kappa shape index (κ2) is 10.8. The lowest BCUT2D eigenvalue weighted by Gasteiger charge is -2.14. The Balaban J connectivity index is 1.25. The second-order valence-electron chi connectivity index (χ2n) is 13.3. The highest BCUT2D eigenvalue weighted by Gasteiger charge is 2.23. The quantitative estimate of drug-likeness (QED) is 0.179. The van der Waals surface area contributed by atoms with Crippen molar-refractivity contribution in [3.63, 3.8) is 0 Å². The van der Waals surface area contributed by atoms with Gasteiger partial charge in [0.2, 0.25) is 0 Å². The van der Waals surface area contributed by atoms with Gasteiger partial charge in [-0.3, -0.25) is 0 Å². The summed E-state index contributed by atoms with van der Waals surface area (Å²) in [6.45, 7) is 0. The van der Waals surface area contributed by atoms with Crippen molar-refractivity contribution < 1.29 is 0 Å². The number of benzene rings is 9. The van der Waals surface area contributed by atoms with Crippen LogP contribution in [0.4, 0.5) is 0 Å². The van der Waals surface area contributed by atoms with Crippen molar-refractivity contribution in [3.8, 4) is 28.3 Å². The number of aromatic nitrogens is 3. The van der Waals surface area contributed by atoms with Gasteiger partial charge in [-0.1, -0.05) is 146 Å². The minimum atomic E-state index is 0.717. The molecule has 0 atom stereocenters. The molecule has 0 fully saturated rings. The van der Waals surface area contributed by atoms with Crippen molar-refractivity contribution >= 4 is 75.8 Å². The summed E-state index contributed by atoms with van der Waals surface area (Å²) in [6, 6.07) is 63.0. The molecule has 0 aliphatic heterocycles. The molecule has 0 N–H and O–H groups in total. The van der Waals surface area contributed by atoms with Gasteiger partial charge in [0.15, 0.2) is 5.82 Å². The Hall–Kier alpha value is -6.84. The number of nitrogens with zero attached hydrogens (tertiary/aromatic N) is 3. The topological polar surface area (TPSA) is 30.7 Å². The van der Waals surface area contributed by atoms with Gasteiger partial charge in [-0.05, 0) is 62.6 Å². The van der Waals surface area contributed by atoms with Crippen LogP contribution in [0, 0.1) is 0 Å². The van der Waals surface area contributed by atoms with Crippen LogP contribution in [0.3, 0.4) is 0 Å². The Morgan fingerprint density at radius 1 is 0.314 bits per heavy atom. The fourth-order valence-corrected chi connectivity index (χ4v) is 8.37. The molecule has 2 heterocycles. The predicted molar refractivity (Wildman–Crippen MR) is 215 cm³/mol. The minimum absolute atomic E-state index is 0.717. The van der Waals surface area contributed by atoms with Crippen LogP contribution in [0.25, 0.3) is 104 Å². The highest BCUT2D eigenvalue weighted by Crippen LogP contribution is 2.47. The third-order valence-corrected chi connectivity index (χ3v) is 10.5. The summed E-state index contributed by atoms with van der Waals surface area (Å²) in [6.07, 6.45) is 0. The lowest BCUT2D eigenvalue weighted by molar-refractivity contribution is 1.18. The molecule has 51 heavy (non-hydrogen) atoms. The first-order valence-electron chi connectivity index (χ1n) is 17.4. The standard InChI is InChI=1S/C48H29N3/c1-2-14-30(15-3-1)45-41-24-12-13-25-42(41)49-48(50-45)31-26-28-32(29-27-31)51-46-39-22-10-6-18-35(39)33-16-4-8-20-37(33)43(46)44-38-21-9-5-17-34(38)36-19-7-11-23-40(36)47(44)51/h1-29H. The molecule has 3 nitrogen and oxygen atoms in total. The molecule has 236 valence electrons. The zero-order chi connectivity index (χ0) is 33.5. The molecule has 0 saturated carbocycles. The Kier molecular flexibility index (Phi) is 5.96. The molecule has 0 amide bonds. The van der Waals surface area contributed by atoms with Crippen LogP contribution < -0.4 is 0 Å². The number of hydrogen-bond donors (Lipinski definition) is 0. The summed E-state index contributed by atoms with van der Waals surface area (Å²) in [5.74, 6) is 0.717. The van der Waals surface area contributed by atoms with E-state index in [4.69, 9.17) is 9.97 Å². The normalized spacial score (nSPS) is 11.9. The van der Waals surface area contributed by atoms with E-state index in [0.29, 0.717) is 5.82 Å². The lowest BCUT2D eigenvalue weighted by atomic mass is 9.93. The molecular formula is C48H29N3. The molecule has 0 aliphatic rings. The summed E-state index contributed by atoms with van der Waals surface area (Å²) in [5, 5.41) is 13.7. The van der Waals surface area contributed by atoms with Gasteiger partial charge in [0.05, 0.1) is 22.2 Å². The average Bonchev–Trinajstić information content (AvgIpc) is 3.58. The molecule has 0 bridgehead atoms. The van der Waals surface area contributed by atoms with Gasteiger partial charge in [-0.2, -0.15) is 0 Å². The number of para-hydroxylation sites is 1. The van der Waals surface area contributed by atoms with Gasteiger partial charge in [-0.15, -0.1) is 0 Å². The Morgan fingerprint density at radius 2 is 0.745 bits per heavy atom. The van der Waals surface area contributed by atoms with E-state index >= 15 is 0 Å². The van der Waals surface area contributed by atoms with Gasteiger partial charge in [-0.25, -0.2) is 9.97 Å². The fourth-order valence-electron chi connectivity index (χ4n) is 8.37. The van der Waals surface area contributed by atoms with E-state index in [9.17, 15) is 0 Å². The highest BCUT2D eigenvalue weighted by atomic mass is 15.0. The molecule has 0 spiro atoms. The van der Waals surface area contributed by atoms with E-state index in [1.54, 1.807) is 0 Å². The van der Waals surface area contributed by atoms with Gasteiger partial charge in [0.1, 0.15) is 0 Å². The minimum Gasteiger partial charge on any atom is -0.308 e. The fraction of sp³-hybridized carbons (Fsp3) is 0. The predicted octanol–water partition coefficient (Wildman–Crippen LogP) is 12.7. The van der Waals surface area contributed by atoms with E-state index in [0.717, 1.165) is 33.4 Å². The van der Waals surface area contributed by atoms with Crippen molar-refractivity contribution in [2.75, 3.05) is 0 Å². The van der Waals surface area contributed by atoms with E-state index < -0.39 is 0 Å². The summed E-state index contributed by atoms with van der Waals surface area (Å²) < 4.78 is 2.51. The Labute approximate surface area is 293 Å². The van der Waals surface area contributed by atoms with Crippen molar-refractivity contribution in [1.82, 2.24) is 14.5 Å². The largest absolute Gasteiger partial charge is 0.308 e. The first kappa shape index (κ1) is 28.0. The second-order valence-corrected chi connectivity index (χ2v) is 13.3. The van der Waals surface area contributed by atoms with Crippen LogP contribution in [0.5, 0.6) is 0 Å². The molecular weight excluding hydrogens is 619 g/mol. The smallest absolute Gasteiger partial charge is 0.160 e. The summed E-state index contributed by atoms with van der Waals surface area (Å²) in [5.41, 5.74) is 7.49. The van der Waals surface area contributed by atoms with Crippen LogP contribution in [0.2, 0.25) is 0 Å². The maximum atomic E-state index is 5.17. The first-order valence-corrected chi connectivity index (χ1v) is 17.4. The van der Waals surface area contributed by atoms with Crippen LogP contribution >= 0.6 is 0 Å². The molecule has 3 heteroatoms. The number of rotatable bonds is 3. The van der Waals surface area contributed by atoms with Crippen LogP contribution in [0.1, 0.15) is 0 Å². The molecule has 11 aromatic rings. The summed E-state index contributed by atoms with van der Waals surface area (Å²) >= 11 is 0. The maximum absolute atomic E-state index is 5.17. The van der Waals surface area contributed by atoms with E-state index in [1.807, 2.05) is 12.1 Å². The molecule has 0 saturated heterocycles. The zero-order valence-corrected chi connectivity index (χ0v) is 27.6. The Morgan fingerprint density at radius 3 is 1.29 bits per heavy atom. The van der Waals surface area contributed by atoms with E-state index in [-0.39, 0.29) is 0 Å². The monoisotopic (exact) mass is 647 g/mol. The number of hydrogen-bond acceptors (Lipinski definition) is 2. The SMILES string of the molecule is c1ccc(-c2nc(-c3ccc(-n4c5c6ccccc6c6ccccc6c5c5c6ccccc6c6ccccc6c54)cc3)nc3ccccc23)cc1. The Bertz CT molecular complexity index is 3040. The molecule has 2 aromatic heterocycles. The molecule has 0 radical (unpaired) electrons. The van der Waals surface area contributed by atoms with Crippen molar-refractivity contribution in [2.24, 2.45) is 0 Å². The van der Waals surface area contributed by atoms with E-state index in [1.165, 1.54) is 64.9 Å². The van der Waals surface area contributed by atoms with Gasteiger partial charge in [0.25, 0.3) is 0 Å². The first-order chi connectivity index (χ1) is 25.3. The number of fused-ring (bicyclic) bond motifs is 14. The molecule has 0 unspecified atom stereocenters. The van der Waals surface area contributed by atoms with Crippen LogP contribution in [-0.2, 0) is 0 Å².